The zero-order valence-electron chi connectivity index (χ0n) is 46.7. The van der Waals surface area contributed by atoms with Crippen molar-refractivity contribution in [2.75, 3.05) is 13.2 Å². The minimum absolute atomic E-state index is 0.0949. The Bertz CT molecular complexity index is 1370. The van der Waals surface area contributed by atoms with Crippen molar-refractivity contribution in [3.8, 4) is 0 Å². The summed E-state index contributed by atoms with van der Waals surface area (Å²) in [7, 11) is 0. The van der Waals surface area contributed by atoms with Crippen molar-refractivity contribution in [2.24, 2.45) is 0 Å². The number of hydrogen-bond donors (Lipinski definition) is 0. The lowest BCUT2D eigenvalue weighted by Crippen LogP contribution is -2.30. The molecule has 0 aliphatic heterocycles. The van der Waals surface area contributed by atoms with Crippen LogP contribution in [0.3, 0.4) is 0 Å². The average Bonchev–Trinajstić information content (AvgIpc) is 3.37. The molecule has 0 fully saturated rings. The first-order valence-electron chi connectivity index (χ1n) is 30.1. The van der Waals surface area contributed by atoms with Gasteiger partial charge in [-0.2, -0.15) is 0 Å². The van der Waals surface area contributed by atoms with Gasteiger partial charge >= 0.3 is 17.9 Å². The molecule has 71 heavy (non-hydrogen) atoms. The Morgan fingerprint density at radius 3 is 0.944 bits per heavy atom. The summed E-state index contributed by atoms with van der Waals surface area (Å²) in [6.07, 6.45) is 77.4. The number of ether oxygens (including phenoxy) is 3. The zero-order valence-corrected chi connectivity index (χ0v) is 46.7. The fraction of sp³-hybridized carbons (Fsp3) is 0.738. The second-order valence-electron chi connectivity index (χ2n) is 19.9. The van der Waals surface area contributed by atoms with Crippen molar-refractivity contribution in [2.45, 2.75) is 297 Å². The number of hydrogen-bond acceptors (Lipinski definition) is 6. The summed E-state index contributed by atoms with van der Waals surface area (Å²) in [5, 5.41) is 0. The van der Waals surface area contributed by atoms with Crippen LogP contribution in [0.15, 0.2) is 85.1 Å². The molecule has 6 nitrogen and oxygen atoms in total. The first-order valence-corrected chi connectivity index (χ1v) is 30.1. The summed E-state index contributed by atoms with van der Waals surface area (Å²) in [5.41, 5.74) is 0. The molecular formula is C65H112O6. The van der Waals surface area contributed by atoms with Gasteiger partial charge in [-0.1, -0.05) is 247 Å². The Balaban J connectivity index is 4.24. The van der Waals surface area contributed by atoms with Gasteiger partial charge < -0.3 is 14.2 Å². The van der Waals surface area contributed by atoms with Gasteiger partial charge in [0.2, 0.25) is 0 Å². The standard InChI is InChI=1S/C65H112O6/c1-4-7-10-13-16-19-22-24-26-27-28-29-30-31-32-33-34-35-36-37-39-40-43-46-49-52-55-58-64(67)70-61-62(60-69-63(66)57-54-51-48-45-42-21-18-15-12-9-6-3)71-65(68)59-56-53-50-47-44-41-38-25-23-20-17-14-11-8-5-2/h8,11,15,17-18,20,22,24-25,27-28,38,44,47,62H,4-7,9-10,12-14,16,19,21,23,26,29-37,39-43,45-46,48-61H2,1-3H3/b11-8-,18-15-,20-17-,24-22-,28-27-,38-25-,47-44-. The number of unbranched alkanes of at least 4 members (excludes halogenated alkanes) is 29. The molecule has 0 spiro atoms. The van der Waals surface area contributed by atoms with Gasteiger partial charge in [0.25, 0.3) is 0 Å². The van der Waals surface area contributed by atoms with Crippen LogP contribution in [0.4, 0.5) is 0 Å². The van der Waals surface area contributed by atoms with Gasteiger partial charge in [0.05, 0.1) is 0 Å². The van der Waals surface area contributed by atoms with Crippen LogP contribution in [0.25, 0.3) is 0 Å². The van der Waals surface area contributed by atoms with Crippen LogP contribution in [0.5, 0.6) is 0 Å². The molecule has 1 atom stereocenters. The lowest BCUT2D eigenvalue weighted by atomic mass is 10.0. The quantitative estimate of drug-likeness (QED) is 0.0261. The molecule has 408 valence electrons. The maximum absolute atomic E-state index is 12.8. The summed E-state index contributed by atoms with van der Waals surface area (Å²) in [5.74, 6) is -0.942. The SMILES string of the molecule is CC/C=C\C/C=C\C/C=C\C/C=C\CCCCC(=O)OC(COC(=O)CCCCCCC/C=C\CCCC)COC(=O)CCCCCCCCCCCCCCCCC/C=C\C/C=C\CCCCCCC. The van der Waals surface area contributed by atoms with Crippen LogP contribution in [0.2, 0.25) is 0 Å². The fourth-order valence-electron chi connectivity index (χ4n) is 8.33. The molecular weight excluding hydrogens is 877 g/mol. The second-order valence-corrected chi connectivity index (χ2v) is 19.9. The van der Waals surface area contributed by atoms with Crippen molar-refractivity contribution in [3.63, 3.8) is 0 Å². The van der Waals surface area contributed by atoms with Gasteiger partial charge in [0, 0.05) is 19.3 Å². The molecule has 1 unspecified atom stereocenters. The minimum atomic E-state index is -0.801. The number of allylic oxidation sites excluding steroid dienone is 14. The molecule has 6 heteroatoms. The lowest BCUT2D eigenvalue weighted by molar-refractivity contribution is -0.167. The molecule has 0 rings (SSSR count). The van der Waals surface area contributed by atoms with Gasteiger partial charge in [-0.05, 0) is 109 Å². The van der Waals surface area contributed by atoms with Crippen LogP contribution in [0, 0.1) is 0 Å². The fourth-order valence-corrected chi connectivity index (χ4v) is 8.33. The van der Waals surface area contributed by atoms with Gasteiger partial charge in [-0.3, -0.25) is 14.4 Å². The highest BCUT2D eigenvalue weighted by Crippen LogP contribution is 2.16. The number of carbonyl (C=O) groups is 3. The molecule has 0 aromatic heterocycles. The topological polar surface area (TPSA) is 78.9 Å². The predicted octanol–water partition coefficient (Wildman–Crippen LogP) is 20.3. The molecule has 0 bridgehead atoms. The summed E-state index contributed by atoms with van der Waals surface area (Å²) >= 11 is 0. The van der Waals surface area contributed by atoms with Crippen molar-refractivity contribution in [1.29, 1.82) is 0 Å². The van der Waals surface area contributed by atoms with E-state index in [0.29, 0.717) is 19.3 Å². The molecule has 0 radical (unpaired) electrons. The summed E-state index contributed by atoms with van der Waals surface area (Å²) in [6, 6.07) is 0. The normalized spacial score (nSPS) is 12.7. The minimum Gasteiger partial charge on any atom is -0.462 e. The van der Waals surface area contributed by atoms with Crippen LogP contribution < -0.4 is 0 Å². The van der Waals surface area contributed by atoms with E-state index in [1.54, 1.807) is 0 Å². The number of carbonyl (C=O) groups excluding carboxylic acids is 3. The Labute approximate surface area is 439 Å². The van der Waals surface area contributed by atoms with Gasteiger partial charge in [-0.25, -0.2) is 0 Å². The van der Waals surface area contributed by atoms with Gasteiger partial charge in [0.1, 0.15) is 13.2 Å². The van der Waals surface area contributed by atoms with E-state index >= 15 is 0 Å². The summed E-state index contributed by atoms with van der Waals surface area (Å²) in [4.78, 5) is 38.1. The molecule has 0 aliphatic carbocycles. The van der Waals surface area contributed by atoms with E-state index < -0.39 is 6.10 Å². The van der Waals surface area contributed by atoms with E-state index in [1.165, 1.54) is 148 Å². The van der Waals surface area contributed by atoms with Gasteiger partial charge in [-0.15, -0.1) is 0 Å². The predicted molar refractivity (Wildman–Crippen MR) is 307 cm³/mol. The van der Waals surface area contributed by atoms with Crippen molar-refractivity contribution in [3.05, 3.63) is 85.1 Å². The third-order valence-corrected chi connectivity index (χ3v) is 12.9. The number of esters is 3. The van der Waals surface area contributed by atoms with Crippen molar-refractivity contribution >= 4 is 17.9 Å². The lowest BCUT2D eigenvalue weighted by Gasteiger charge is -2.18. The van der Waals surface area contributed by atoms with Gasteiger partial charge in [0.15, 0.2) is 6.10 Å². The van der Waals surface area contributed by atoms with E-state index in [1.807, 2.05) is 0 Å². The first-order chi connectivity index (χ1) is 35.0. The Morgan fingerprint density at radius 2 is 0.563 bits per heavy atom. The highest BCUT2D eigenvalue weighted by molar-refractivity contribution is 5.71. The zero-order chi connectivity index (χ0) is 51.4. The third kappa shape index (κ3) is 57.4. The summed E-state index contributed by atoms with van der Waals surface area (Å²) in [6.45, 7) is 6.45. The Kier molecular flexibility index (Phi) is 56.3. The highest BCUT2D eigenvalue weighted by atomic mass is 16.6. The first kappa shape index (κ1) is 67.6. The van der Waals surface area contributed by atoms with Crippen LogP contribution in [0.1, 0.15) is 290 Å². The van der Waals surface area contributed by atoms with Crippen LogP contribution in [-0.4, -0.2) is 37.2 Å². The van der Waals surface area contributed by atoms with E-state index in [-0.39, 0.29) is 37.5 Å². The van der Waals surface area contributed by atoms with Crippen LogP contribution >= 0.6 is 0 Å². The van der Waals surface area contributed by atoms with Crippen molar-refractivity contribution in [1.82, 2.24) is 0 Å². The summed E-state index contributed by atoms with van der Waals surface area (Å²) < 4.78 is 16.8. The average molecular weight is 990 g/mol. The molecule has 0 N–H and O–H groups in total. The molecule has 0 saturated carbocycles. The monoisotopic (exact) mass is 989 g/mol. The van der Waals surface area contributed by atoms with Crippen LogP contribution in [-0.2, 0) is 28.6 Å². The van der Waals surface area contributed by atoms with E-state index in [4.69, 9.17) is 14.2 Å². The third-order valence-electron chi connectivity index (χ3n) is 12.9. The maximum Gasteiger partial charge on any atom is 0.306 e. The molecule has 0 saturated heterocycles. The van der Waals surface area contributed by atoms with Crippen molar-refractivity contribution < 1.29 is 28.6 Å². The maximum atomic E-state index is 12.8. The second kappa shape index (κ2) is 59.2. The van der Waals surface area contributed by atoms with E-state index in [0.717, 1.165) is 96.3 Å². The van der Waals surface area contributed by atoms with E-state index in [9.17, 15) is 14.4 Å². The Hall–Kier alpha value is -3.41. The van der Waals surface area contributed by atoms with E-state index in [2.05, 4.69) is 106 Å². The Morgan fingerprint density at radius 1 is 0.296 bits per heavy atom. The highest BCUT2D eigenvalue weighted by Gasteiger charge is 2.19. The molecule has 0 aromatic carbocycles. The molecule has 0 aromatic rings. The largest absolute Gasteiger partial charge is 0.462 e. The number of rotatable bonds is 54. The molecule has 0 aliphatic rings. The molecule has 0 amide bonds. The molecule has 0 heterocycles. The smallest absolute Gasteiger partial charge is 0.306 e.